The highest BCUT2D eigenvalue weighted by Gasteiger charge is 2.47. The second kappa shape index (κ2) is 8.98. The molecule has 0 bridgehead atoms. The molecule has 0 unspecified atom stereocenters. The lowest BCUT2D eigenvalue weighted by atomic mass is 10.1. The van der Waals surface area contributed by atoms with Crippen LogP contribution in [-0.2, 0) is 9.53 Å². The summed E-state index contributed by atoms with van der Waals surface area (Å²) in [6, 6.07) is -0.281. The van der Waals surface area contributed by atoms with Crippen molar-refractivity contribution in [2.45, 2.75) is 37.9 Å². The molecule has 0 saturated carbocycles. The summed E-state index contributed by atoms with van der Waals surface area (Å²) in [5.41, 5.74) is 6.38. The van der Waals surface area contributed by atoms with E-state index in [1.54, 1.807) is 0 Å². The van der Waals surface area contributed by atoms with E-state index in [1.165, 1.54) is 17.2 Å². The highest BCUT2D eigenvalue weighted by Crippen LogP contribution is 2.32. The first-order valence-corrected chi connectivity index (χ1v) is 9.18. The number of aromatic nitrogens is 4. The Morgan fingerprint density at radius 2 is 1.93 bits per heavy atom. The Morgan fingerprint density at radius 3 is 2.69 bits per heavy atom. The highest BCUT2D eigenvalue weighted by atomic mass is 16.6. The first-order valence-electron chi connectivity index (χ1n) is 9.18. The maximum absolute atomic E-state index is 12.4. The van der Waals surface area contributed by atoms with Crippen LogP contribution in [0.4, 0.5) is 10.6 Å². The van der Waals surface area contributed by atoms with Crippen LogP contribution in [0.25, 0.3) is 11.2 Å². The normalized spacial score (nSPS) is 23.8. The zero-order chi connectivity index (χ0) is 21.0. The maximum atomic E-state index is 12.4. The van der Waals surface area contributed by atoms with E-state index in [9.17, 15) is 19.8 Å². The third-order valence-electron chi connectivity index (χ3n) is 4.43. The van der Waals surface area contributed by atoms with Crippen LogP contribution < -0.4 is 21.7 Å². The van der Waals surface area contributed by atoms with E-state index >= 15 is 0 Å². The number of aliphatic hydroxyl groups excluding tert-OH is 2. The van der Waals surface area contributed by atoms with Crippen LogP contribution in [0, 0.1) is 0 Å². The van der Waals surface area contributed by atoms with Gasteiger partial charge in [0.1, 0.15) is 24.1 Å². The van der Waals surface area contributed by atoms with E-state index in [4.69, 9.17) is 10.5 Å². The van der Waals surface area contributed by atoms with Crippen LogP contribution in [0.15, 0.2) is 12.7 Å². The minimum absolute atomic E-state index is 0.164. The van der Waals surface area contributed by atoms with Crippen LogP contribution in [0.1, 0.15) is 19.6 Å². The van der Waals surface area contributed by atoms with Crippen molar-refractivity contribution >= 4 is 28.9 Å². The zero-order valence-corrected chi connectivity index (χ0v) is 15.8. The van der Waals surface area contributed by atoms with Gasteiger partial charge in [0.15, 0.2) is 23.8 Å². The number of nitrogens with zero attached hydrogens (tertiary/aromatic N) is 4. The second-order valence-electron chi connectivity index (χ2n) is 6.44. The number of urea groups is 1. The van der Waals surface area contributed by atoms with Crippen molar-refractivity contribution in [3.05, 3.63) is 12.7 Å². The Balaban J connectivity index is 1.57. The van der Waals surface area contributed by atoms with Crippen molar-refractivity contribution in [3.63, 3.8) is 0 Å². The summed E-state index contributed by atoms with van der Waals surface area (Å²) in [5.74, 6) is -0.409. The monoisotopic (exact) mass is 408 g/mol. The first-order chi connectivity index (χ1) is 13.9. The minimum Gasteiger partial charge on any atom is -0.387 e. The SMILES string of the molecule is CCNC(=O)NCCCNC(=O)[C@H]1O[C@@H](n2cnc3c(N)ncnc32)[C@H](O)[C@@H]1O. The number of nitrogens with two attached hydrogens (primary N) is 1. The average molecular weight is 408 g/mol. The number of amides is 3. The Kier molecular flexibility index (Phi) is 6.41. The molecule has 0 aliphatic carbocycles. The van der Waals surface area contributed by atoms with Crippen molar-refractivity contribution in [1.29, 1.82) is 0 Å². The van der Waals surface area contributed by atoms with Gasteiger partial charge in [0.05, 0.1) is 6.33 Å². The molecule has 3 heterocycles. The molecule has 3 amide bonds. The molecule has 7 N–H and O–H groups in total. The molecular weight excluding hydrogens is 384 g/mol. The average Bonchev–Trinajstić information content (AvgIpc) is 3.24. The number of aliphatic hydroxyl groups is 2. The Bertz CT molecular complexity index is 874. The fraction of sp³-hybridized carbons (Fsp3) is 0.562. The number of fused-ring (bicyclic) bond motifs is 1. The van der Waals surface area contributed by atoms with E-state index in [0.29, 0.717) is 30.7 Å². The van der Waals surface area contributed by atoms with Crippen LogP contribution >= 0.6 is 0 Å². The molecular formula is C16H24N8O5. The molecule has 158 valence electrons. The van der Waals surface area contributed by atoms with Gasteiger partial charge in [-0.3, -0.25) is 9.36 Å². The standard InChI is InChI=1S/C16H24N8O5/c1-2-18-16(28)20-5-3-4-19-14(27)11-9(25)10(26)15(29-11)24-7-23-8-12(17)21-6-22-13(8)24/h6-7,9-11,15,25-26H,2-5H2,1H3,(H,19,27)(H2,17,21,22)(H2,18,20,28)/t9-,10+,11-,15+/m0/s1. The van der Waals surface area contributed by atoms with Gasteiger partial charge in [0.2, 0.25) is 0 Å². The number of imidazole rings is 1. The van der Waals surface area contributed by atoms with Crippen molar-refractivity contribution in [3.8, 4) is 0 Å². The smallest absolute Gasteiger partial charge is 0.314 e. The van der Waals surface area contributed by atoms with Crippen molar-refractivity contribution in [1.82, 2.24) is 35.5 Å². The number of carbonyl (C=O) groups excluding carboxylic acids is 2. The summed E-state index contributed by atoms with van der Waals surface area (Å²) in [5, 5.41) is 28.5. The number of hydrogen-bond acceptors (Lipinski definition) is 9. The van der Waals surface area contributed by atoms with Gasteiger partial charge < -0.3 is 36.6 Å². The number of ether oxygens (including phenoxy) is 1. The lowest BCUT2D eigenvalue weighted by Crippen LogP contribution is -2.43. The summed E-state index contributed by atoms with van der Waals surface area (Å²) < 4.78 is 6.99. The Hall–Kier alpha value is -3.03. The molecule has 1 aliphatic heterocycles. The molecule has 1 saturated heterocycles. The van der Waals surface area contributed by atoms with Gasteiger partial charge in [-0.2, -0.15) is 0 Å². The van der Waals surface area contributed by atoms with Gasteiger partial charge in [0.25, 0.3) is 5.91 Å². The lowest BCUT2D eigenvalue weighted by Gasteiger charge is -2.16. The molecule has 1 aliphatic rings. The van der Waals surface area contributed by atoms with Gasteiger partial charge in [-0.25, -0.2) is 19.7 Å². The Labute approximate surface area is 165 Å². The Morgan fingerprint density at radius 1 is 1.17 bits per heavy atom. The van der Waals surface area contributed by atoms with E-state index in [-0.39, 0.29) is 18.4 Å². The molecule has 3 rings (SSSR count). The number of hydrogen-bond donors (Lipinski definition) is 6. The highest BCUT2D eigenvalue weighted by molar-refractivity contribution is 5.82. The molecule has 0 aromatic carbocycles. The molecule has 13 nitrogen and oxygen atoms in total. The molecule has 0 radical (unpaired) electrons. The fourth-order valence-electron chi connectivity index (χ4n) is 2.99. The number of rotatable bonds is 7. The predicted molar refractivity (Wildman–Crippen MR) is 100 cm³/mol. The van der Waals surface area contributed by atoms with E-state index in [1.807, 2.05) is 6.92 Å². The van der Waals surface area contributed by atoms with Crippen molar-refractivity contribution < 1.29 is 24.5 Å². The summed E-state index contributed by atoms with van der Waals surface area (Å²) in [4.78, 5) is 35.6. The van der Waals surface area contributed by atoms with Gasteiger partial charge >= 0.3 is 6.03 Å². The molecule has 29 heavy (non-hydrogen) atoms. The topological polar surface area (TPSA) is 190 Å². The second-order valence-corrected chi connectivity index (χ2v) is 6.44. The van der Waals surface area contributed by atoms with Gasteiger partial charge in [0, 0.05) is 19.6 Å². The molecule has 2 aromatic rings. The van der Waals surface area contributed by atoms with E-state index in [0.717, 1.165) is 0 Å². The molecule has 2 aromatic heterocycles. The summed E-state index contributed by atoms with van der Waals surface area (Å²) in [6.07, 6.45) is -2.08. The van der Waals surface area contributed by atoms with E-state index < -0.39 is 30.4 Å². The maximum Gasteiger partial charge on any atom is 0.314 e. The van der Waals surface area contributed by atoms with Gasteiger partial charge in [-0.15, -0.1) is 0 Å². The molecule has 1 fully saturated rings. The van der Waals surface area contributed by atoms with Gasteiger partial charge in [-0.05, 0) is 13.3 Å². The third-order valence-corrected chi connectivity index (χ3v) is 4.43. The lowest BCUT2D eigenvalue weighted by molar-refractivity contribution is -0.137. The van der Waals surface area contributed by atoms with Crippen LogP contribution in [-0.4, -0.2) is 79.6 Å². The molecule has 4 atom stereocenters. The third kappa shape index (κ3) is 4.36. The quantitative estimate of drug-likeness (QED) is 0.277. The minimum atomic E-state index is -1.44. The van der Waals surface area contributed by atoms with Crippen molar-refractivity contribution in [2.24, 2.45) is 0 Å². The zero-order valence-electron chi connectivity index (χ0n) is 15.8. The number of nitrogens with one attached hydrogen (secondary N) is 3. The van der Waals surface area contributed by atoms with Crippen LogP contribution in [0.5, 0.6) is 0 Å². The summed E-state index contributed by atoms with van der Waals surface area (Å²) in [6.45, 7) is 2.96. The number of nitrogen functional groups attached to an aromatic ring is 1. The molecule has 0 spiro atoms. The van der Waals surface area contributed by atoms with Crippen molar-refractivity contribution in [2.75, 3.05) is 25.4 Å². The largest absolute Gasteiger partial charge is 0.387 e. The summed E-state index contributed by atoms with van der Waals surface area (Å²) in [7, 11) is 0. The fourth-order valence-corrected chi connectivity index (χ4v) is 2.99. The van der Waals surface area contributed by atoms with E-state index in [2.05, 4.69) is 30.9 Å². The number of anilines is 1. The summed E-state index contributed by atoms with van der Waals surface area (Å²) >= 11 is 0. The predicted octanol–water partition coefficient (Wildman–Crippen LogP) is -2.15. The number of carbonyl (C=O) groups is 2. The van der Waals surface area contributed by atoms with Crippen LogP contribution in [0.2, 0.25) is 0 Å². The van der Waals surface area contributed by atoms with Gasteiger partial charge in [-0.1, -0.05) is 0 Å². The molecule has 13 heteroatoms. The van der Waals surface area contributed by atoms with Crippen LogP contribution in [0.3, 0.4) is 0 Å². The first kappa shape index (κ1) is 20.7.